The second-order valence-electron chi connectivity index (χ2n) is 7.25. The Morgan fingerprint density at radius 3 is 2.26 bits per heavy atom. The molecular weight excluding hydrogens is 236 g/mol. The zero-order chi connectivity index (χ0) is 14.3. The maximum Gasteiger partial charge on any atom is 0.176 e. The van der Waals surface area contributed by atoms with Crippen LogP contribution in [0.4, 0.5) is 4.39 Å². The Labute approximate surface area is 117 Å². The molecule has 0 radical (unpaired) electrons. The summed E-state index contributed by atoms with van der Waals surface area (Å²) in [7, 11) is 1.86. The molecule has 3 heteroatoms. The Kier molecular flexibility index (Phi) is 3.79. The average molecular weight is 261 g/mol. The first-order chi connectivity index (χ1) is 8.77. The molecule has 0 aromatic heterocycles. The van der Waals surface area contributed by atoms with Gasteiger partial charge in [0.2, 0.25) is 0 Å². The zero-order valence-corrected chi connectivity index (χ0v) is 12.8. The fourth-order valence-corrected chi connectivity index (χ4v) is 3.27. The molecule has 0 spiro atoms. The van der Waals surface area contributed by atoms with Crippen LogP contribution in [0.3, 0.4) is 0 Å². The highest BCUT2D eigenvalue weighted by Gasteiger charge is 2.48. The third-order valence-electron chi connectivity index (χ3n) is 5.25. The summed E-state index contributed by atoms with van der Waals surface area (Å²) >= 11 is 0. The van der Waals surface area contributed by atoms with Crippen LogP contribution in [0.15, 0.2) is 18.2 Å². The molecule has 1 aliphatic heterocycles. The van der Waals surface area contributed by atoms with Crippen LogP contribution in [0.5, 0.6) is 0 Å². The monoisotopic (exact) mass is 261 g/mol. The summed E-state index contributed by atoms with van der Waals surface area (Å²) in [6.07, 6.45) is 2.37. The quantitative estimate of drug-likeness (QED) is 0.823. The molecule has 0 bridgehead atoms. The lowest BCUT2D eigenvalue weighted by Gasteiger charge is -2.35. The van der Waals surface area contributed by atoms with Crippen molar-refractivity contribution in [3.8, 4) is 0 Å². The summed E-state index contributed by atoms with van der Waals surface area (Å²) in [5, 5.41) is 3.04. The molecular formula is C16H25BFN. The first-order valence-electron chi connectivity index (χ1n) is 7.20. The van der Waals surface area contributed by atoms with Crippen molar-refractivity contribution >= 4 is 12.2 Å². The normalized spacial score (nSPS) is 20.8. The summed E-state index contributed by atoms with van der Waals surface area (Å²) in [6, 6.07) is 5.64. The van der Waals surface area contributed by atoms with Crippen LogP contribution in [-0.2, 0) is 6.54 Å². The van der Waals surface area contributed by atoms with E-state index in [1.165, 1.54) is 18.1 Å². The van der Waals surface area contributed by atoms with Crippen LogP contribution < -0.4 is 10.8 Å². The first-order valence-corrected chi connectivity index (χ1v) is 7.20. The third kappa shape index (κ3) is 2.71. The lowest BCUT2D eigenvalue weighted by Crippen LogP contribution is -2.29. The summed E-state index contributed by atoms with van der Waals surface area (Å²) in [4.78, 5) is 0. The third-order valence-corrected chi connectivity index (χ3v) is 5.25. The van der Waals surface area contributed by atoms with Gasteiger partial charge in [-0.15, -0.1) is 0 Å². The van der Waals surface area contributed by atoms with E-state index in [4.69, 9.17) is 0 Å². The van der Waals surface area contributed by atoms with Gasteiger partial charge in [0.05, 0.1) is 0 Å². The van der Waals surface area contributed by atoms with Crippen LogP contribution in [-0.4, -0.2) is 13.8 Å². The van der Waals surface area contributed by atoms with E-state index in [1.807, 2.05) is 19.2 Å². The van der Waals surface area contributed by atoms with Gasteiger partial charge < -0.3 is 5.32 Å². The Bertz CT molecular complexity index is 452. The van der Waals surface area contributed by atoms with E-state index in [1.54, 1.807) is 6.07 Å². The van der Waals surface area contributed by atoms with Gasteiger partial charge in [0.15, 0.2) is 6.71 Å². The van der Waals surface area contributed by atoms with Gasteiger partial charge in [-0.1, -0.05) is 57.9 Å². The molecule has 1 heterocycles. The van der Waals surface area contributed by atoms with Crippen LogP contribution in [0, 0.1) is 16.6 Å². The van der Waals surface area contributed by atoms with Crippen molar-refractivity contribution < 1.29 is 4.39 Å². The molecule has 19 heavy (non-hydrogen) atoms. The zero-order valence-electron chi connectivity index (χ0n) is 12.8. The number of rotatable bonds is 3. The van der Waals surface area contributed by atoms with E-state index in [9.17, 15) is 4.39 Å². The molecule has 1 saturated heterocycles. The van der Waals surface area contributed by atoms with Gasteiger partial charge in [-0.05, 0) is 23.9 Å². The molecule has 2 rings (SSSR count). The molecule has 1 fully saturated rings. The lowest BCUT2D eigenvalue weighted by atomic mass is 9.42. The standard InChI is InChI=1S/C16H25BFN/c1-15(2)10-17(11-16(15,3)4)13-6-7-14(18)12(8-13)9-19-5/h6-8,19H,9-11H2,1-5H3. The van der Waals surface area contributed by atoms with E-state index < -0.39 is 0 Å². The van der Waals surface area contributed by atoms with E-state index in [2.05, 4.69) is 33.0 Å². The predicted octanol–water partition coefficient (Wildman–Crippen LogP) is 3.31. The number of hydrogen-bond acceptors (Lipinski definition) is 1. The molecule has 104 valence electrons. The highest BCUT2D eigenvalue weighted by atomic mass is 19.1. The van der Waals surface area contributed by atoms with Gasteiger partial charge >= 0.3 is 0 Å². The van der Waals surface area contributed by atoms with Crippen molar-refractivity contribution in [3.63, 3.8) is 0 Å². The van der Waals surface area contributed by atoms with E-state index >= 15 is 0 Å². The average Bonchev–Trinajstić information content (AvgIpc) is 2.51. The first kappa shape index (κ1) is 14.6. The summed E-state index contributed by atoms with van der Waals surface area (Å²) in [5.74, 6) is -0.102. The van der Waals surface area contributed by atoms with Crippen molar-refractivity contribution in [2.24, 2.45) is 10.8 Å². The minimum absolute atomic E-state index is 0.102. The van der Waals surface area contributed by atoms with Gasteiger partial charge in [-0.2, -0.15) is 0 Å². The van der Waals surface area contributed by atoms with Gasteiger partial charge in [0, 0.05) is 12.1 Å². The lowest BCUT2D eigenvalue weighted by molar-refractivity contribution is 0.177. The molecule has 1 aliphatic rings. The van der Waals surface area contributed by atoms with E-state index in [-0.39, 0.29) is 5.82 Å². The fraction of sp³-hybridized carbons (Fsp3) is 0.625. The van der Waals surface area contributed by atoms with E-state index in [0.717, 1.165) is 5.56 Å². The van der Waals surface area contributed by atoms with Crippen LogP contribution in [0.2, 0.25) is 12.6 Å². The maximum absolute atomic E-state index is 13.7. The predicted molar refractivity (Wildman–Crippen MR) is 81.7 cm³/mol. The van der Waals surface area contributed by atoms with Gasteiger partial charge in [0.1, 0.15) is 5.82 Å². The molecule has 0 amide bonds. The minimum atomic E-state index is -0.102. The van der Waals surface area contributed by atoms with Gasteiger partial charge in [0.25, 0.3) is 0 Å². The molecule has 0 unspecified atom stereocenters. The summed E-state index contributed by atoms with van der Waals surface area (Å²) < 4.78 is 13.7. The summed E-state index contributed by atoms with van der Waals surface area (Å²) in [6.45, 7) is 10.6. The van der Waals surface area contributed by atoms with Crippen molar-refractivity contribution in [3.05, 3.63) is 29.6 Å². The minimum Gasteiger partial charge on any atom is -0.316 e. The Morgan fingerprint density at radius 1 is 1.16 bits per heavy atom. The van der Waals surface area contributed by atoms with Gasteiger partial charge in [-0.3, -0.25) is 0 Å². The fourth-order valence-electron chi connectivity index (χ4n) is 3.27. The van der Waals surface area contributed by atoms with Crippen molar-refractivity contribution in [2.75, 3.05) is 7.05 Å². The van der Waals surface area contributed by atoms with Crippen molar-refractivity contribution in [2.45, 2.75) is 46.9 Å². The molecule has 0 aliphatic carbocycles. The SMILES string of the molecule is CNCc1cc(B2CC(C)(C)C(C)(C)C2)ccc1F. The Morgan fingerprint density at radius 2 is 1.74 bits per heavy atom. The highest BCUT2D eigenvalue weighted by molar-refractivity contribution is 6.74. The molecule has 1 aromatic rings. The Hall–Kier alpha value is -0.825. The number of hydrogen-bond donors (Lipinski definition) is 1. The van der Waals surface area contributed by atoms with Crippen LogP contribution in [0.25, 0.3) is 0 Å². The molecule has 0 saturated carbocycles. The molecule has 1 aromatic carbocycles. The van der Waals surface area contributed by atoms with Crippen molar-refractivity contribution in [1.29, 1.82) is 0 Å². The molecule has 1 N–H and O–H groups in total. The van der Waals surface area contributed by atoms with Gasteiger partial charge in [-0.25, -0.2) is 4.39 Å². The van der Waals surface area contributed by atoms with Crippen molar-refractivity contribution in [1.82, 2.24) is 5.32 Å². The van der Waals surface area contributed by atoms with E-state index in [0.29, 0.717) is 24.1 Å². The molecule has 0 atom stereocenters. The smallest absolute Gasteiger partial charge is 0.176 e. The topological polar surface area (TPSA) is 12.0 Å². The largest absolute Gasteiger partial charge is 0.316 e. The second kappa shape index (κ2) is 4.94. The second-order valence-corrected chi connectivity index (χ2v) is 7.25. The van der Waals surface area contributed by atoms with Crippen LogP contribution in [0.1, 0.15) is 33.3 Å². The maximum atomic E-state index is 13.7. The number of halogens is 1. The highest BCUT2D eigenvalue weighted by Crippen LogP contribution is 2.52. The number of nitrogens with one attached hydrogen (secondary N) is 1. The Balaban J connectivity index is 2.27. The summed E-state index contributed by atoms with van der Waals surface area (Å²) in [5.41, 5.74) is 2.76. The number of benzene rings is 1. The van der Waals surface area contributed by atoms with Crippen LogP contribution >= 0.6 is 0 Å². The molecule has 1 nitrogen and oxygen atoms in total.